The predicted molar refractivity (Wildman–Crippen MR) is 109 cm³/mol. The number of rotatable bonds is 6. The second kappa shape index (κ2) is 8.81. The van der Waals surface area contributed by atoms with E-state index in [0.717, 1.165) is 0 Å². The highest BCUT2D eigenvalue weighted by atomic mass is 35.5. The van der Waals surface area contributed by atoms with Crippen molar-refractivity contribution in [2.45, 2.75) is 23.8 Å². The summed E-state index contributed by atoms with van der Waals surface area (Å²) in [6.07, 6.45) is 2.21. The molecule has 3 rings (SSSR count). The number of hydrazone groups is 1. The Kier molecular flexibility index (Phi) is 6.41. The standard InChI is InChI=1S/C19H20ClN3O5S/c1-28-17-6-2-4-13(18(17)24)12-21-22-19(25)16-5-3-11-23(16)29(26,27)15-9-7-14(20)8-10-15/h2,4,6-10,12,16,24H,3,5,11H2,1H3,(H,22,25)/b21-12-/t16-/m0/s1. The first kappa shape index (κ1) is 21.1. The molecule has 1 aliphatic rings. The first-order valence-corrected chi connectivity index (χ1v) is 10.6. The molecular weight excluding hydrogens is 418 g/mol. The summed E-state index contributed by atoms with van der Waals surface area (Å²) in [6.45, 7) is 0.240. The molecule has 0 aliphatic carbocycles. The number of nitrogens with zero attached hydrogens (tertiary/aromatic N) is 2. The molecule has 8 nitrogen and oxygen atoms in total. The molecule has 1 heterocycles. The molecule has 1 fully saturated rings. The lowest BCUT2D eigenvalue weighted by Crippen LogP contribution is -2.44. The Bertz CT molecular complexity index is 1020. The highest BCUT2D eigenvalue weighted by molar-refractivity contribution is 7.89. The molecule has 2 aromatic carbocycles. The lowest BCUT2D eigenvalue weighted by atomic mass is 10.2. The van der Waals surface area contributed by atoms with Crippen molar-refractivity contribution in [3.63, 3.8) is 0 Å². The summed E-state index contributed by atoms with van der Waals surface area (Å²) in [7, 11) is -2.41. The van der Waals surface area contributed by atoms with E-state index in [1.807, 2.05) is 0 Å². The molecule has 2 aromatic rings. The Morgan fingerprint density at radius 3 is 2.72 bits per heavy atom. The number of phenols is 1. The summed E-state index contributed by atoms with van der Waals surface area (Å²) in [4.78, 5) is 12.6. The van der Waals surface area contributed by atoms with Gasteiger partial charge >= 0.3 is 0 Å². The number of ether oxygens (including phenoxy) is 1. The molecule has 1 amide bonds. The van der Waals surface area contributed by atoms with Crippen LogP contribution in [0.2, 0.25) is 5.02 Å². The smallest absolute Gasteiger partial charge is 0.258 e. The van der Waals surface area contributed by atoms with Gasteiger partial charge in [0.25, 0.3) is 5.91 Å². The molecule has 1 saturated heterocycles. The summed E-state index contributed by atoms with van der Waals surface area (Å²) in [5, 5.41) is 14.3. The Morgan fingerprint density at radius 1 is 1.31 bits per heavy atom. The van der Waals surface area contributed by atoms with Gasteiger partial charge in [-0.2, -0.15) is 9.41 Å². The van der Waals surface area contributed by atoms with E-state index in [4.69, 9.17) is 16.3 Å². The lowest BCUT2D eigenvalue weighted by Gasteiger charge is -2.22. The van der Waals surface area contributed by atoms with Gasteiger partial charge in [0.15, 0.2) is 11.5 Å². The molecule has 1 atom stereocenters. The lowest BCUT2D eigenvalue weighted by molar-refractivity contribution is -0.124. The van der Waals surface area contributed by atoms with Crippen LogP contribution in [0.25, 0.3) is 0 Å². The fourth-order valence-corrected chi connectivity index (χ4v) is 4.86. The van der Waals surface area contributed by atoms with E-state index >= 15 is 0 Å². The van der Waals surface area contributed by atoms with Crippen LogP contribution in [0, 0.1) is 0 Å². The van der Waals surface area contributed by atoms with Crippen LogP contribution >= 0.6 is 11.6 Å². The van der Waals surface area contributed by atoms with Gasteiger partial charge in [-0.25, -0.2) is 13.8 Å². The molecule has 1 aliphatic heterocycles. The summed E-state index contributed by atoms with van der Waals surface area (Å²) < 4.78 is 32.0. The predicted octanol–water partition coefficient (Wildman–Crippen LogP) is 2.36. The molecule has 29 heavy (non-hydrogen) atoms. The van der Waals surface area contributed by atoms with Crippen LogP contribution < -0.4 is 10.2 Å². The minimum absolute atomic E-state index is 0.0754. The van der Waals surface area contributed by atoms with E-state index in [9.17, 15) is 18.3 Å². The minimum atomic E-state index is -3.84. The van der Waals surface area contributed by atoms with Crippen LogP contribution in [0.3, 0.4) is 0 Å². The maximum absolute atomic E-state index is 12.9. The van der Waals surface area contributed by atoms with Crippen molar-refractivity contribution in [2.24, 2.45) is 5.10 Å². The molecule has 0 saturated carbocycles. The topological polar surface area (TPSA) is 108 Å². The van der Waals surface area contributed by atoms with E-state index in [1.54, 1.807) is 18.2 Å². The molecular formula is C19H20ClN3O5S. The number of nitrogens with one attached hydrogen (secondary N) is 1. The number of carbonyl (C=O) groups is 1. The molecule has 2 N–H and O–H groups in total. The third-order valence-electron chi connectivity index (χ3n) is 4.56. The second-order valence-electron chi connectivity index (χ2n) is 6.36. The third kappa shape index (κ3) is 4.52. The van der Waals surface area contributed by atoms with Crippen molar-refractivity contribution in [3.05, 3.63) is 53.1 Å². The normalized spacial score (nSPS) is 17.5. The number of phenolic OH excluding ortho intramolecular Hbond substituents is 1. The van der Waals surface area contributed by atoms with Crippen molar-refractivity contribution >= 4 is 33.7 Å². The number of methoxy groups -OCH3 is 1. The number of sulfonamides is 1. The van der Waals surface area contributed by atoms with Crippen LogP contribution in [0.4, 0.5) is 0 Å². The molecule has 0 aromatic heterocycles. The van der Waals surface area contributed by atoms with Crippen molar-refractivity contribution in [3.8, 4) is 11.5 Å². The maximum Gasteiger partial charge on any atom is 0.258 e. The Morgan fingerprint density at radius 2 is 2.03 bits per heavy atom. The van der Waals surface area contributed by atoms with Gasteiger partial charge in [0.2, 0.25) is 10.0 Å². The number of para-hydroxylation sites is 1. The largest absolute Gasteiger partial charge is 0.504 e. The van der Waals surface area contributed by atoms with Crippen LogP contribution in [-0.4, -0.2) is 49.6 Å². The Hall–Kier alpha value is -2.62. The summed E-state index contributed by atoms with van der Waals surface area (Å²) >= 11 is 5.82. The number of hydrogen-bond acceptors (Lipinski definition) is 6. The highest BCUT2D eigenvalue weighted by Crippen LogP contribution is 2.28. The van der Waals surface area contributed by atoms with E-state index in [2.05, 4.69) is 10.5 Å². The molecule has 0 spiro atoms. The number of amides is 1. The zero-order valence-electron chi connectivity index (χ0n) is 15.6. The van der Waals surface area contributed by atoms with Gasteiger partial charge in [0.05, 0.1) is 18.2 Å². The SMILES string of the molecule is COc1cccc(/C=N\NC(=O)[C@@H]2CCCN2S(=O)(=O)c2ccc(Cl)cc2)c1O. The third-order valence-corrected chi connectivity index (χ3v) is 6.73. The van der Waals surface area contributed by atoms with E-state index in [-0.39, 0.29) is 22.9 Å². The average molecular weight is 438 g/mol. The number of halogens is 1. The maximum atomic E-state index is 12.9. The van der Waals surface area contributed by atoms with Gasteiger partial charge in [-0.1, -0.05) is 17.7 Å². The molecule has 0 radical (unpaired) electrons. The highest BCUT2D eigenvalue weighted by Gasteiger charge is 2.39. The Labute approximate surface area is 173 Å². The number of hydrogen-bond donors (Lipinski definition) is 2. The summed E-state index contributed by atoms with van der Waals surface area (Å²) in [5.41, 5.74) is 2.70. The van der Waals surface area contributed by atoms with Crippen molar-refractivity contribution in [1.29, 1.82) is 0 Å². The van der Waals surface area contributed by atoms with Crippen LogP contribution in [0.1, 0.15) is 18.4 Å². The monoisotopic (exact) mass is 437 g/mol. The molecule has 154 valence electrons. The number of benzene rings is 2. The van der Waals surface area contributed by atoms with Gasteiger partial charge in [-0.05, 0) is 49.2 Å². The van der Waals surface area contributed by atoms with Gasteiger partial charge in [-0.15, -0.1) is 0 Å². The van der Waals surface area contributed by atoms with Gasteiger partial charge < -0.3 is 9.84 Å². The summed E-state index contributed by atoms with van der Waals surface area (Å²) in [5.74, 6) is -0.379. The Balaban J connectivity index is 1.73. The second-order valence-corrected chi connectivity index (χ2v) is 8.69. The van der Waals surface area contributed by atoms with Crippen LogP contribution in [0.15, 0.2) is 52.5 Å². The van der Waals surface area contributed by atoms with E-state index in [1.165, 1.54) is 41.9 Å². The molecule has 0 bridgehead atoms. The van der Waals surface area contributed by atoms with Gasteiger partial charge in [0, 0.05) is 17.1 Å². The van der Waals surface area contributed by atoms with Gasteiger partial charge in [-0.3, -0.25) is 4.79 Å². The van der Waals surface area contributed by atoms with Crippen LogP contribution in [-0.2, 0) is 14.8 Å². The van der Waals surface area contributed by atoms with Crippen molar-refractivity contribution < 1.29 is 23.1 Å². The fourth-order valence-electron chi connectivity index (χ4n) is 3.08. The fraction of sp³-hybridized carbons (Fsp3) is 0.263. The van der Waals surface area contributed by atoms with Gasteiger partial charge in [0.1, 0.15) is 6.04 Å². The first-order valence-electron chi connectivity index (χ1n) is 8.81. The van der Waals surface area contributed by atoms with Crippen molar-refractivity contribution in [2.75, 3.05) is 13.7 Å². The first-order chi connectivity index (χ1) is 13.8. The summed E-state index contributed by atoms with van der Waals surface area (Å²) in [6, 6.07) is 9.79. The zero-order valence-corrected chi connectivity index (χ0v) is 17.2. The van der Waals surface area contributed by atoms with E-state index < -0.39 is 22.0 Å². The quantitative estimate of drug-likeness (QED) is 0.532. The molecule has 0 unspecified atom stereocenters. The zero-order chi connectivity index (χ0) is 21.0. The van der Waals surface area contributed by atoms with Crippen molar-refractivity contribution in [1.82, 2.24) is 9.73 Å². The molecule has 10 heteroatoms. The average Bonchev–Trinajstić information content (AvgIpc) is 3.20. The van der Waals surface area contributed by atoms with E-state index in [0.29, 0.717) is 23.4 Å². The number of aromatic hydroxyl groups is 1. The number of carbonyl (C=O) groups excluding carboxylic acids is 1. The minimum Gasteiger partial charge on any atom is -0.504 e. The van der Waals surface area contributed by atoms with Crippen LogP contribution in [0.5, 0.6) is 11.5 Å².